The van der Waals surface area contributed by atoms with Crippen LogP contribution in [0.1, 0.15) is 25.0 Å². The Morgan fingerprint density at radius 3 is 2.78 bits per heavy atom. The third-order valence-corrected chi connectivity index (χ3v) is 5.40. The molecule has 1 aliphatic heterocycles. The molecule has 0 aromatic heterocycles. The molecule has 1 unspecified atom stereocenters. The van der Waals surface area contributed by atoms with E-state index < -0.39 is 0 Å². The van der Waals surface area contributed by atoms with Crippen LogP contribution >= 0.6 is 11.8 Å². The number of ether oxygens (including phenoxy) is 1. The van der Waals surface area contributed by atoms with Gasteiger partial charge in [-0.2, -0.15) is 5.26 Å². The highest BCUT2D eigenvalue weighted by Gasteiger charge is 2.27. The summed E-state index contributed by atoms with van der Waals surface area (Å²) in [5.41, 5.74) is 3.14. The van der Waals surface area contributed by atoms with E-state index in [1.54, 1.807) is 0 Å². The van der Waals surface area contributed by atoms with Gasteiger partial charge in [0.25, 0.3) is 0 Å². The van der Waals surface area contributed by atoms with Crippen molar-refractivity contribution in [3.8, 4) is 6.07 Å². The molecule has 0 aliphatic carbocycles. The number of rotatable bonds is 3. The van der Waals surface area contributed by atoms with Gasteiger partial charge in [0.05, 0.1) is 18.2 Å². The molecule has 23 heavy (non-hydrogen) atoms. The minimum Gasteiger partial charge on any atom is -0.387 e. The quantitative estimate of drug-likeness (QED) is 0.921. The number of hydrogen-bond donors (Lipinski definition) is 1. The van der Waals surface area contributed by atoms with E-state index in [1.807, 2.05) is 43.0 Å². The van der Waals surface area contributed by atoms with E-state index in [2.05, 4.69) is 36.6 Å². The Hall–Kier alpha value is -1.96. The molecule has 1 aliphatic rings. The molecule has 0 amide bonds. The van der Waals surface area contributed by atoms with E-state index in [0.717, 1.165) is 28.6 Å². The fourth-order valence-electron chi connectivity index (χ4n) is 2.91. The second kappa shape index (κ2) is 6.66. The Bertz CT molecular complexity index is 794. The SMILES string of the molecule is CCOC1(C)CNC=C(c2ccc(C#N)c3ccccc23)CS1. The highest BCUT2D eigenvalue weighted by atomic mass is 32.2. The van der Waals surface area contributed by atoms with Gasteiger partial charge in [-0.1, -0.05) is 30.3 Å². The second-order valence-corrected chi connectivity index (χ2v) is 7.16. The van der Waals surface area contributed by atoms with Crippen LogP contribution in [0.5, 0.6) is 0 Å². The fourth-order valence-corrected chi connectivity index (χ4v) is 4.00. The molecule has 0 spiro atoms. The van der Waals surface area contributed by atoms with Crippen molar-refractivity contribution >= 4 is 28.1 Å². The topological polar surface area (TPSA) is 45.0 Å². The molecule has 1 N–H and O–H groups in total. The van der Waals surface area contributed by atoms with Gasteiger partial charge in [0.15, 0.2) is 0 Å². The minimum absolute atomic E-state index is 0.213. The first kappa shape index (κ1) is 15.9. The molecule has 4 heteroatoms. The van der Waals surface area contributed by atoms with Gasteiger partial charge >= 0.3 is 0 Å². The predicted molar refractivity (Wildman–Crippen MR) is 97.1 cm³/mol. The monoisotopic (exact) mass is 324 g/mol. The number of fused-ring (bicyclic) bond motifs is 1. The van der Waals surface area contributed by atoms with Gasteiger partial charge in [0.1, 0.15) is 4.93 Å². The Morgan fingerprint density at radius 2 is 2.04 bits per heavy atom. The Balaban J connectivity index is 1.99. The van der Waals surface area contributed by atoms with Crippen LogP contribution in [0, 0.1) is 11.3 Å². The Kier molecular flexibility index (Phi) is 4.61. The summed E-state index contributed by atoms with van der Waals surface area (Å²) in [4.78, 5) is -0.213. The van der Waals surface area contributed by atoms with Gasteiger partial charge in [-0.3, -0.25) is 0 Å². The van der Waals surface area contributed by atoms with Gasteiger partial charge in [-0.15, -0.1) is 11.8 Å². The lowest BCUT2D eigenvalue weighted by molar-refractivity contribution is 0.0514. The summed E-state index contributed by atoms with van der Waals surface area (Å²) in [6.07, 6.45) is 2.09. The van der Waals surface area contributed by atoms with Crippen molar-refractivity contribution in [2.24, 2.45) is 0 Å². The smallest absolute Gasteiger partial charge is 0.128 e. The van der Waals surface area contributed by atoms with Crippen LogP contribution in [0.3, 0.4) is 0 Å². The summed E-state index contributed by atoms with van der Waals surface area (Å²) < 4.78 is 5.88. The van der Waals surface area contributed by atoms with Crippen LogP contribution in [0.25, 0.3) is 16.3 Å². The van der Waals surface area contributed by atoms with Crippen LogP contribution < -0.4 is 5.32 Å². The number of nitriles is 1. The number of thioether (sulfide) groups is 1. The van der Waals surface area contributed by atoms with Crippen molar-refractivity contribution in [1.29, 1.82) is 5.26 Å². The molecule has 1 heterocycles. The molecule has 2 aromatic rings. The van der Waals surface area contributed by atoms with Crippen LogP contribution in [0.15, 0.2) is 42.6 Å². The molecule has 0 bridgehead atoms. The van der Waals surface area contributed by atoms with Crippen molar-refractivity contribution < 1.29 is 4.74 Å². The summed E-state index contributed by atoms with van der Waals surface area (Å²) in [6.45, 7) is 5.64. The lowest BCUT2D eigenvalue weighted by Crippen LogP contribution is -2.34. The zero-order chi connectivity index (χ0) is 16.3. The zero-order valence-corrected chi connectivity index (χ0v) is 14.2. The van der Waals surface area contributed by atoms with E-state index in [4.69, 9.17) is 4.74 Å². The van der Waals surface area contributed by atoms with Crippen LogP contribution in [0.4, 0.5) is 0 Å². The van der Waals surface area contributed by atoms with E-state index in [9.17, 15) is 5.26 Å². The maximum Gasteiger partial charge on any atom is 0.128 e. The van der Waals surface area contributed by atoms with Crippen molar-refractivity contribution in [3.63, 3.8) is 0 Å². The lowest BCUT2D eigenvalue weighted by Gasteiger charge is -2.27. The normalized spacial score (nSPS) is 21.2. The van der Waals surface area contributed by atoms with Crippen LogP contribution in [0.2, 0.25) is 0 Å². The average molecular weight is 324 g/mol. The van der Waals surface area contributed by atoms with Crippen molar-refractivity contribution in [2.45, 2.75) is 18.8 Å². The Labute approximate surface area is 141 Å². The fraction of sp³-hybridized carbons (Fsp3) is 0.316. The second-order valence-electron chi connectivity index (χ2n) is 5.72. The number of benzene rings is 2. The highest BCUT2D eigenvalue weighted by Crippen LogP contribution is 2.35. The first-order chi connectivity index (χ1) is 11.2. The van der Waals surface area contributed by atoms with Gasteiger partial charge in [-0.25, -0.2) is 0 Å². The highest BCUT2D eigenvalue weighted by molar-refractivity contribution is 8.00. The van der Waals surface area contributed by atoms with Crippen LogP contribution in [-0.2, 0) is 4.74 Å². The largest absolute Gasteiger partial charge is 0.387 e. The van der Waals surface area contributed by atoms with Crippen LogP contribution in [-0.4, -0.2) is 23.8 Å². The van der Waals surface area contributed by atoms with E-state index in [0.29, 0.717) is 6.61 Å². The predicted octanol–water partition coefficient (Wildman–Crippen LogP) is 4.14. The number of nitrogens with one attached hydrogen (secondary N) is 1. The molecule has 0 saturated heterocycles. The minimum atomic E-state index is -0.213. The summed E-state index contributed by atoms with van der Waals surface area (Å²) in [5, 5.41) is 14.8. The third kappa shape index (κ3) is 3.21. The molecular formula is C19H20N2OS. The summed E-state index contributed by atoms with van der Waals surface area (Å²) in [6, 6.07) is 14.4. The maximum absolute atomic E-state index is 9.31. The lowest BCUT2D eigenvalue weighted by atomic mass is 9.96. The Morgan fingerprint density at radius 1 is 1.26 bits per heavy atom. The zero-order valence-electron chi connectivity index (χ0n) is 13.4. The molecule has 3 nitrogen and oxygen atoms in total. The molecule has 1 atom stereocenters. The van der Waals surface area contributed by atoms with E-state index in [1.165, 1.54) is 11.1 Å². The van der Waals surface area contributed by atoms with Gasteiger partial charge in [-0.05, 0) is 36.4 Å². The average Bonchev–Trinajstić information content (AvgIpc) is 2.76. The molecule has 0 fully saturated rings. The molecule has 2 aromatic carbocycles. The molecule has 0 saturated carbocycles. The first-order valence-electron chi connectivity index (χ1n) is 7.79. The summed E-state index contributed by atoms with van der Waals surface area (Å²) in [7, 11) is 0. The molecule has 3 rings (SSSR count). The van der Waals surface area contributed by atoms with Gasteiger partial charge in [0, 0.05) is 23.9 Å². The van der Waals surface area contributed by atoms with Gasteiger partial charge in [0.2, 0.25) is 0 Å². The van der Waals surface area contributed by atoms with Crippen molar-refractivity contribution in [1.82, 2.24) is 5.32 Å². The van der Waals surface area contributed by atoms with Crippen molar-refractivity contribution in [3.05, 3.63) is 53.7 Å². The van der Waals surface area contributed by atoms with Gasteiger partial charge < -0.3 is 10.1 Å². The third-order valence-electron chi connectivity index (χ3n) is 4.07. The molecular weight excluding hydrogens is 304 g/mol. The first-order valence-corrected chi connectivity index (χ1v) is 8.78. The maximum atomic E-state index is 9.31. The standard InChI is InChI=1S/C19H20N2OS/c1-3-22-19(2)13-21-11-15(12-23-19)17-9-8-14(10-20)16-6-4-5-7-18(16)17/h4-9,11,21H,3,12-13H2,1-2H3. The molecule has 0 radical (unpaired) electrons. The summed E-state index contributed by atoms with van der Waals surface area (Å²) >= 11 is 1.81. The van der Waals surface area contributed by atoms with E-state index >= 15 is 0 Å². The molecule has 118 valence electrons. The number of nitrogens with zero attached hydrogens (tertiary/aromatic N) is 1. The number of hydrogen-bond acceptors (Lipinski definition) is 4. The van der Waals surface area contributed by atoms with Crippen molar-refractivity contribution in [2.75, 3.05) is 18.9 Å². The summed E-state index contributed by atoms with van der Waals surface area (Å²) in [5.74, 6) is 0.874. The van der Waals surface area contributed by atoms with E-state index in [-0.39, 0.29) is 4.93 Å².